The monoisotopic (exact) mass is 462 g/mol. The quantitative estimate of drug-likeness (QED) is 0.255. The van der Waals surface area contributed by atoms with Gasteiger partial charge in [0, 0.05) is 26.7 Å². The number of unbranched alkanes of at least 4 members (excludes halogenated alkanes) is 1. The number of nitrogens with one attached hydrogen (secondary N) is 2. The lowest BCUT2D eigenvalue weighted by Crippen LogP contribution is -2.40. The molecule has 7 heteroatoms. The van der Waals surface area contributed by atoms with Crippen LogP contribution in [0.25, 0.3) is 0 Å². The number of aliphatic imine (C=N–C) groups is 1. The van der Waals surface area contributed by atoms with Crippen LogP contribution in [0.4, 0.5) is 0 Å². The zero-order chi connectivity index (χ0) is 16.9. The molecule has 0 radical (unpaired) electrons. The van der Waals surface area contributed by atoms with Crippen LogP contribution >= 0.6 is 24.0 Å². The molecule has 0 saturated carbocycles. The Morgan fingerprint density at radius 1 is 1.12 bits per heavy atom. The molecule has 0 aromatic heterocycles. The fourth-order valence-electron chi connectivity index (χ4n) is 2.57. The van der Waals surface area contributed by atoms with Crippen molar-refractivity contribution in [1.29, 1.82) is 0 Å². The summed E-state index contributed by atoms with van der Waals surface area (Å²) >= 11 is 0. The smallest absolute Gasteiger partial charge is 0.191 e. The lowest BCUT2D eigenvalue weighted by molar-refractivity contribution is 0.0372. The van der Waals surface area contributed by atoms with Crippen molar-refractivity contribution in [2.75, 3.05) is 59.6 Å². The summed E-state index contributed by atoms with van der Waals surface area (Å²) < 4.78 is 11.0. The number of para-hydroxylation sites is 1. The minimum Gasteiger partial charge on any atom is -0.492 e. The second-order valence-electron chi connectivity index (χ2n) is 5.75. The maximum absolute atomic E-state index is 5.65. The van der Waals surface area contributed by atoms with Gasteiger partial charge in [0.25, 0.3) is 0 Å². The van der Waals surface area contributed by atoms with Crippen LogP contribution in [-0.4, -0.2) is 70.5 Å². The summed E-state index contributed by atoms with van der Waals surface area (Å²) in [5, 5.41) is 6.61. The molecule has 0 unspecified atom stereocenters. The number of morpholine rings is 1. The van der Waals surface area contributed by atoms with Crippen LogP contribution in [0.3, 0.4) is 0 Å². The molecule has 0 bridgehead atoms. The molecule has 25 heavy (non-hydrogen) atoms. The SMILES string of the molecule is CN=C(NCCCCN1CCOCC1)NCCOc1ccccc1.I. The van der Waals surface area contributed by atoms with Gasteiger partial charge < -0.3 is 20.1 Å². The van der Waals surface area contributed by atoms with Gasteiger partial charge in [-0.15, -0.1) is 24.0 Å². The van der Waals surface area contributed by atoms with E-state index in [1.807, 2.05) is 30.3 Å². The zero-order valence-corrected chi connectivity index (χ0v) is 17.4. The van der Waals surface area contributed by atoms with Gasteiger partial charge in [0.15, 0.2) is 5.96 Å². The highest BCUT2D eigenvalue weighted by Crippen LogP contribution is 2.07. The molecule has 1 aromatic rings. The van der Waals surface area contributed by atoms with Crippen molar-refractivity contribution >= 4 is 29.9 Å². The number of hydrogen-bond donors (Lipinski definition) is 2. The minimum absolute atomic E-state index is 0. The molecular weight excluding hydrogens is 431 g/mol. The molecule has 1 aromatic carbocycles. The summed E-state index contributed by atoms with van der Waals surface area (Å²) in [6.07, 6.45) is 2.33. The van der Waals surface area contributed by atoms with Crippen molar-refractivity contribution < 1.29 is 9.47 Å². The first-order chi connectivity index (χ1) is 11.9. The van der Waals surface area contributed by atoms with Crippen LogP contribution in [-0.2, 0) is 4.74 Å². The summed E-state index contributed by atoms with van der Waals surface area (Å²) in [6, 6.07) is 9.85. The molecule has 0 spiro atoms. The van der Waals surface area contributed by atoms with Crippen molar-refractivity contribution in [3.8, 4) is 5.75 Å². The van der Waals surface area contributed by atoms with Crippen LogP contribution in [0, 0.1) is 0 Å². The second kappa shape index (κ2) is 14.1. The molecule has 142 valence electrons. The zero-order valence-electron chi connectivity index (χ0n) is 15.1. The van der Waals surface area contributed by atoms with Crippen molar-refractivity contribution in [2.45, 2.75) is 12.8 Å². The Kier molecular flexibility index (Phi) is 12.4. The maximum Gasteiger partial charge on any atom is 0.191 e. The van der Waals surface area contributed by atoms with Crippen LogP contribution in [0.5, 0.6) is 5.75 Å². The summed E-state index contributed by atoms with van der Waals surface area (Å²) in [6.45, 7) is 7.31. The van der Waals surface area contributed by atoms with E-state index in [1.54, 1.807) is 7.05 Å². The maximum atomic E-state index is 5.65. The first-order valence-corrected chi connectivity index (χ1v) is 8.81. The third-order valence-corrected chi connectivity index (χ3v) is 3.93. The average Bonchev–Trinajstić information content (AvgIpc) is 2.65. The van der Waals surface area contributed by atoms with E-state index >= 15 is 0 Å². The van der Waals surface area contributed by atoms with Gasteiger partial charge in [-0.25, -0.2) is 0 Å². The summed E-state index contributed by atoms with van der Waals surface area (Å²) in [5.74, 6) is 1.73. The van der Waals surface area contributed by atoms with Crippen molar-refractivity contribution in [2.24, 2.45) is 4.99 Å². The number of nitrogens with zero attached hydrogens (tertiary/aromatic N) is 2. The number of rotatable bonds is 9. The van der Waals surface area contributed by atoms with Crippen molar-refractivity contribution in [3.63, 3.8) is 0 Å². The molecule has 6 nitrogen and oxygen atoms in total. The Morgan fingerprint density at radius 2 is 1.84 bits per heavy atom. The van der Waals surface area contributed by atoms with E-state index in [9.17, 15) is 0 Å². The molecule has 2 rings (SSSR count). The number of guanidine groups is 1. The molecule has 2 N–H and O–H groups in total. The molecule has 1 aliphatic heterocycles. The molecule has 1 saturated heterocycles. The van der Waals surface area contributed by atoms with Gasteiger partial charge in [-0.1, -0.05) is 18.2 Å². The van der Waals surface area contributed by atoms with Gasteiger partial charge in [0.1, 0.15) is 12.4 Å². The van der Waals surface area contributed by atoms with E-state index in [4.69, 9.17) is 9.47 Å². The van der Waals surface area contributed by atoms with Gasteiger partial charge in [-0.05, 0) is 31.5 Å². The molecule has 1 heterocycles. The standard InChI is InChI=1S/C18H30N4O2.HI/c1-19-18(21-10-14-24-17-7-3-2-4-8-17)20-9-5-6-11-22-12-15-23-16-13-22;/h2-4,7-8H,5-6,9-16H2,1H3,(H2,19,20,21);1H. The summed E-state index contributed by atoms with van der Waals surface area (Å²) in [4.78, 5) is 6.70. The molecule has 1 aliphatic rings. The average molecular weight is 462 g/mol. The van der Waals surface area contributed by atoms with Crippen molar-refractivity contribution in [3.05, 3.63) is 30.3 Å². The highest BCUT2D eigenvalue weighted by atomic mass is 127. The Balaban J connectivity index is 0.00000312. The van der Waals surface area contributed by atoms with Gasteiger partial charge in [0.05, 0.1) is 19.8 Å². The fourth-order valence-corrected chi connectivity index (χ4v) is 2.57. The number of halogens is 1. The summed E-state index contributed by atoms with van der Waals surface area (Å²) in [5.41, 5.74) is 0. The van der Waals surface area contributed by atoms with E-state index in [0.717, 1.165) is 64.1 Å². The third-order valence-electron chi connectivity index (χ3n) is 3.93. The first kappa shape index (κ1) is 22.0. The van der Waals surface area contributed by atoms with E-state index in [-0.39, 0.29) is 24.0 Å². The highest BCUT2D eigenvalue weighted by molar-refractivity contribution is 14.0. The second-order valence-corrected chi connectivity index (χ2v) is 5.75. The van der Waals surface area contributed by atoms with E-state index in [2.05, 4.69) is 20.5 Å². The van der Waals surface area contributed by atoms with Gasteiger partial charge in [-0.3, -0.25) is 9.89 Å². The number of ether oxygens (including phenoxy) is 2. The van der Waals surface area contributed by atoms with Crippen LogP contribution in [0.1, 0.15) is 12.8 Å². The van der Waals surface area contributed by atoms with E-state index in [0.29, 0.717) is 6.61 Å². The molecular formula is C18H31IN4O2. The number of benzene rings is 1. The number of hydrogen-bond acceptors (Lipinski definition) is 4. The molecule has 0 amide bonds. The highest BCUT2D eigenvalue weighted by Gasteiger charge is 2.08. The Morgan fingerprint density at radius 3 is 2.56 bits per heavy atom. The van der Waals surface area contributed by atoms with E-state index < -0.39 is 0 Å². The van der Waals surface area contributed by atoms with Crippen LogP contribution < -0.4 is 15.4 Å². The van der Waals surface area contributed by atoms with Gasteiger partial charge in [-0.2, -0.15) is 0 Å². The normalized spacial score (nSPS) is 15.3. The predicted octanol–water partition coefficient (Wildman–Crippen LogP) is 1.96. The molecule has 1 fully saturated rings. The molecule has 0 atom stereocenters. The Labute approximate surface area is 168 Å². The van der Waals surface area contributed by atoms with Crippen LogP contribution in [0.2, 0.25) is 0 Å². The lowest BCUT2D eigenvalue weighted by Gasteiger charge is -2.26. The largest absolute Gasteiger partial charge is 0.492 e. The Bertz CT molecular complexity index is 467. The fraction of sp³-hybridized carbons (Fsp3) is 0.611. The minimum atomic E-state index is 0. The van der Waals surface area contributed by atoms with E-state index in [1.165, 1.54) is 6.42 Å². The van der Waals surface area contributed by atoms with Gasteiger partial charge >= 0.3 is 0 Å². The Hall–Kier alpha value is -1.06. The summed E-state index contributed by atoms with van der Waals surface area (Å²) in [7, 11) is 1.79. The lowest BCUT2D eigenvalue weighted by atomic mass is 10.3. The third kappa shape index (κ3) is 9.86. The van der Waals surface area contributed by atoms with Gasteiger partial charge in [0.2, 0.25) is 0 Å². The predicted molar refractivity (Wildman–Crippen MR) is 113 cm³/mol. The first-order valence-electron chi connectivity index (χ1n) is 8.81. The topological polar surface area (TPSA) is 58.1 Å². The van der Waals surface area contributed by atoms with Crippen LogP contribution in [0.15, 0.2) is 35.3 Å². The molecule has 0 aliphatic carbocycles. The van der Waals surface area contributed by atoms with Crippen molar-refractivity contribution in [1.82, 2.24) is 15.5 Å².